The van der Waals surface area contributed by atoms with Crippen molar-refractivity contribution in [1.29, 1.82) is 0 Å². The monoisotopic (exact) mass is 552 g/mol. The zero-order valence-electron chi connectivity index (χ0n) is 17.2. The second kappa shape index (κ2) is 10.2. The van der Waals surface area contributed by atoms with E-state index in [4.69, 9.17) is 14.6 Å². The third-order valence-electron chi connectivity index (χ3n) is 4.26. The standard InChI is InChI=1S/C22H21IN2O5S/c1-4-29-17-11-13(10-16(23)19(17)30-5-2)12-18-20(26)25(3)22(31-18)24-15-8-6-14(7-9-15)21(27)28/h6-12H,4-5H2,1-3H3,(H,27,28). The highest BCUT2D eigenvalue weighted by atomic mass is 127. The van der Waals surface area contributed by atoms with E-state index in [9.17, 15) is 9.59 Å². The molecule has 162 valence electrons. The molecule has 1 aliphatic rings. The Balaban J connectivity index is 1.90. The van der Waals surface area contributed by atoms with Crippen LogP contribution in [0, 0.1) is 3.57 Å². The van der Waals surface area contributed by atoms with Gasteiger partial charge in [-0.15, -0.1) is 0 Å². The van der Waals surface area contributed by atoms with E-state index in [2.05, 4.69) is 27.6 Å². The molecule has 0 unspecified atom stereocenters. The average molecular weight is 552 g/mol. The Labute approximate surface area is 198 Å². The van der Waals surface area contributed by atoms with Gasteiger partial charge in [-0.1, -0.05) is 0 Å². The number of halogens is 1. The van der Waals surface area contributed by atoms with Gasteiger partial charge in [0.2, 0.25) is 0 Å². The number of aromatic carboxylic acids is 1. The van der Waals surface area contributed by atoms with Crippen LogP contribution in [0.4, 0.5) is 5.69 Å². The van der Waals surface area contributed by atoms with Crippen molar-refractivity contribution in [2.45, 2.75) is 13.8 Å². The first-order chi connectivity index (χ1) is 14.8. The molecule has 0 aromatic heterocycles. The van der Waals surface area contributed by atoms with Crippen LogP contribution in [-0.2, 0) is 4.79 Å². The summed E-state index contributed by atoms with van der Waals surface area (Å²) in [6, 6.07) is 9.99. The maximum atomic E-state index is 12.7. The first kappa shape index (κ1) is 23.1. The molecule has 0 aliphatic carbocycles. The molecule has 9 heteroatoms. The van der Waals surface area contributed by atoms with Crippen molar-refractivity contribution in [2.24, 2.45) is 4.99 Å². The van der Waals surface area contributed by atoms with Crippen molar-refractivity contribution in [3.63, 3.8) is 0 Å². The van der Waals surface area contributed by atoms with E-state index in [-0.39, 0.29) is 11.5 Å². The Kier molecular flexibility index (Phi) is 7.60. The average Bonchev–Trinajstić information content (AvgIpc) is 2.99. The number of ether oxygens (including phenoxy) is 2. The SMILES string of the molecule is CCOc1cc(C=C2SC(=Nc3ccc(C(=O)O)cc3)N(C)C2=O)cc(I)c1OCC. The molecule has 31 heavy (non-hydrogen) atoms. The van der Waals surface area contributed by atoms with Gasteiger partial charge >= 0.3 is 5.97 Å². The summed E-state index contributed by atoms with van der Waals surface area (Å²) >= 11 is 3.46. The molecule has 0 saturated carbocycles. The summed E-state index contributed by atoms with van der Waals surface area (Å²) in [5.74, 6) is 0.178. The second-order valence-electron chi connectivity index (χ2n) is 6.42. The molecule has 3 rings (SSSR count). The number of hydrogen-bond donors (Lipinski definition) is 1. The third-order valence-corrected chi connectivity index (χ3v) is 6.12. The number of amides is 1. The van der Waals surface area contributed by atoms with Crippen LogP contribution in [0.1, 0.15) is 29.8 Å². The van der Waals surface area contributed by atoms with Crippen molar-refractivity contribution in [3.05, 3.63) is 56.0 Å². The molecule has 1 amide bonds. The molecule has 1 N–H and O–H groups in total. The lowest BCUT2D eigenvalue weighted by Gasteiger charge is -2.13. The Hall–Kier alpha value is -2.53. The fraction of sp³-hybridized carbons (Fsp3) is 0.227. The van der Waals surface area contributed by atoms with Crippen LogP contribution in [0.2, 0.25) is 0 Å². The number of carbonyl (C=O) groups excluding carboxylic acids is 1. The van der Waals surface area contributed by atoms with E-state index in [0.717, 1.165) is 9.13 Å². The van der Waals surface area contributed by atoms with Gasteiger partial charge in [0, 0.05) is 7.05 Å². The van der Waals surface area contributed by atoms with Gasteiger partial charge < -0.3 is 14.6 Å². The minimum Gasteiger partial charge on any atom is -0.490 e. The third kappa shape index (κ3) is 5.40. The topological polar surface area (TPSA) is 88.4 Å². The molecule has 2 aromatic carbocycles. The number of carbonyl (C=O) groups is 2. The smallest absolute Gasteiger partial charge is 0.335 e. The van der Waals surface area contributed by atoms with E-state index < -0.39 is 5.97 Å². The predicted molar refractivity (Wildman–Crippen MR) is 130 cm³/mol. The van der Waals surface area contributed by atoms with Crippen molar-refractivity contribution in [3.8, 4) is 11.5 Å². The number of aliphatic imine (C=N–C) groups is 1. The van der Waals surface area contributed by atoms with Gasteiger partial charge in [-0.05, 0) is 96.2 Å². The predicted octanol–water partition coefficient (Wildman–Crippen LogP) is 5.02. The van der Waals surface area contributed by atoms with Gasteiger partial charge in [0.05, 0.1) is 32.9 Å². The first-order valence-electron chi connectivity index (χ1n) is 9.52. The molecule has 0 spiro atoms. The second-order valence-corrected chi connectivity index (χ2v) is 8.59. The van der Waals surface area contributed by atoms with Crippen molar-refractivity contribution >= 4 is 63.2 Å². The van der Waals surface area contributed by atoms with Gasteiger partial charge in [0.25, 0.3) is 5.91 Å². The van der Waals surface area contributed by atoms with Gasteiger partial charge in [0.15, 0.2) is 16.7 Å². The Morgan fingerprint density at radius 1 is 1.19 bits per heavy atom. The zero-order chi connectivity index (χ0) is 22.5. The number of carboxylic acids is 1. The molecule has 0 bridgehead atoms. The zero-order valence-corrected chi connectivity index (χ0v) is 20.2. The summed E-state index contributed by atoms with van der Waals surface area (Å²) in [4.78, 5) is 30.2. The Morgan fingerprint density at radius 2 is 1.87 bits per heavy atom. The van der Waals surface area contributed by atoms with Gasteiger partial charge in [0.1, 0.15) is 0 Å². The molecular weight excluding hydrogens is 531 g/mol. The Morgan fingerprint density at radius 3 is 2.48 bits per heavy atom. The van der Waals surface area contributed by atoms with Crippen LogP contribution < -0.4 is 9.47 Å². The van der Waals surface area contributed by atoms with Crippen molar-refractivity contribution < 1.29 is 24.2 Å². The number of likely N-dealkylation sites (N-methyl/N-ethyl adjacent to an activating group) is 1. The number of benzene rings is 2. The summed E-state index contributed by atoms with van der Waals surface area (Å²) in [5.41, 5.74) is 1.58. The van der Waals surface area contributed by atoms with Crippen LogP contribution >= 0.6 is 34.4 Å². The minimum absolute atomic E-state index is 0.159. The van der Waals surface area contributed by atoms with E-state index >= 15 is 0 Å². The molecule has 2 aromatic rings. The number of thioether (sulfide) groups is 1. The minimum atomic E-state index is -0.997. The maximum absolute atomic E-state index is 12.7. The van der Waals surface area contributed by atoms with Crippen molar-refractivity contribution in [1.82, 2.24) is 4.90 Å². The molecule has 1 saturated heterocycles. The molecule has 0 radical (unpaired) electrons. The van der Waals surface area contributed by atoms with Crippen LogP contribution in [0.15, 0.2) is 46.3 Å². The Bertz CT molecular complexity index is 1070. The number of amidine groups is 1. The van der Waals surface area contributed by atoms with Gasteiger partial charge in [-0.3, -0.25) is 9.69 Å². The number of nitrogens with zero attached hydrogens (tertiary/aromatic N) is 2. The van der Waals surface area contributed by atoms with E-state index in [1.807, 2.05) is 26.0 Å². The van der Waals surface area contributed by atoms with Gasteiger partial charge in [-0.2, -0.15) is 0 Å². The van der Waals surface area contributed by atoms with E-state index in [0.29, 0.717) is 40.5 Å². The summed E-state index contributed by atoms with van der Waals surface area (Å²) in [6.45, 7) is 4.86. The molecule has 7 nitrogen and oxygen atoms in total. The number of carboxylic acid groups (broad SMARTS) is 1. The maximum Gasteiger partial charge on any atom is 0.335 e. The fourth-order valence-electron chi connectivity index (χ4n) is 2.81. The fourth-order valence-corrected chi connectivity index (χ4v) is 4.58. The normalized spacial score (nSPS) is 16.3. The van der Waals surface area contributed by atoms with Crippen LogP contribution in [0.3, 0.4) is 0 Å². The number of hydrogen-bond acceptors (Lipinski definition) is 6. The number of rotatable bonds is 7. The van der Waals surface area contributed by atoms with Crippen LogP contribution in [0.25, 0.3) is 6.08 Å². The quantitative estimate of drug-likeness (QED) is 0.384. The lowest BCUT2D eigenvalue weighted by Crippen LogP contribution is -2.23. The summed E-state index contributed by atoms with van der Waals surface area (Å²) in [7, 11) is 1.66. The lowest BCUT2D eigenvalue weighted by atomic mass is 10.2. The first-order valence-corrected chi connectivity index (χ1v) is 11.4. The van der Waals surface area contributed by atoms with E-state index in [1.165, 1.54) is 28.8 Å². The molecule has 1 fully saturated rings. The van der Waals surface area contributed by atoms with Crippen molar-refractivity contribution in [2.75, 3.05) is 20.3 Å². The molecular formula is C22H21IN2O5S. The summed E-state index contributed by atoms with van der Waals surface area (Å²) in [6.07, 6.45) is 1.81. The largest absolute Gasteiger partial charge is 0.490 e. The van der Waals surface area contributed by atoms with Crippen LogP contribution in [-0.4, -0.2) is 47.3 Å². The summed E-state index contributed by atoms with van der Waals surface area (Å²) in [5, 5.41) is 9.53. The molecule has 0 atom stereocenters. The molecule has 1 aliphatic heterocycles. The highest BCUT2D eigenvalue weighted by Gasteiger charge is 2.30. The van der Waals surface area contributed by atoms with Crippen LogP contribution in [0.5, 0.6) is 11.5 Å². The highest BCUT2D eigenvalue weighted by molar-refractivity contribution is 14.1. The van der Waals surface area contributed by atoms with E-state index in [1.54, 1.807) is 25.3 Å². The highest BCUT2D eigenvalue weighted by Crippen LogP contribution is 2.37. The lowest BCUT2D eigenvalue weighted by molar-refractivity contribution is -0.121. The molecule has 1 heterocycles. The van der Waals surface area contributed by atoms with Gasteiger partial charge in [-0.25, -0.2) is 9.79 Å². The summed E-state index contributed by atoms with van der Waals surface area (Å²) < 4.78 is 12.3.